The number of hydrogen-bond donors (Lipinski definition) is 0. The van der Waals surface area contributed by atoms with Gasteiger partial charge in [0, 0.05) is 37.4 Å². The van der Waals surface area contributed by atoms with Crippen LogP contribution in [0, 0.1) is 11.3 Å². The molecular weight excluding hydrogens is 456 g/mol. The Labute approximate surface area is 211 Å². The summed E-state index contributed by atoms with van der Waals surface area (Å²) >= 11 is 0. The Balaban J connectivity index is 1.79. The summed E-state index contributed by atoms with van der Waals surface area (Å²) in [7, 11) is 0. The van der Waals surface area contributed by atoms with Crippen LogP contribution in [0.2, 0.25) is 0 Å². The van der Waals surface area contributed by atoms with E-state index < -0.39 is 5.60 Å². The molecule has 36 heavy (non-hydrogen) atoms. The minimum atomic E-state index is -0.549. The van der Waals surface area contributed by atoms with Crippen molar-refractivity contribution >= 4 is 22.9 Å². The van der Waals surface area contributed by atoms with Gasteiger partial charge >= 0.3 is 6.09 Å². The van der Waals surface area contributed by atoms with Crippen LogP contribution >= 0.6 is 0 Å². The maximum atomic E-state index is 12.8. The van der Waals surface area contributed by atoms with Gasteiger partial charge in [0.1, 0.15) is 41.7 Å². The zero-order valence-electron chi connectivity index (χ0n) is 22.3. The Bertz CT molecular complexity index is 1330. The summed E-state index contributed by atoms with van der Waals surface area (Å²) in [5.74, 6) is 1.39. The topological polar surface area (TPSA) is 113 Å². The molecule has 0 aliphatic carbocycles. The Morgan fingerprint density at radius 3 is 2.36 bits per heavy atom. The van der Waals surface area contributed by atoms with E-state index >= 15 is 0 Å². The first-order chi connectivity index (χ1) is 16.8. The Kier molecular flexibility index (Phi) is 6.37. The van der Waals surface area contributed by atoms with Crippen LogP contribution in [0.15, 0.2) is 24.9 Å². The largest absolute Gasteiger partial charge is 0.444 e. The predicted molar refractivity (Wildman–Crippen MR) is 137 cm³/mol. The van der Waals surface area contributed by atoms with Crippen LogP contribution in [0.25, 0.3) is 16.9 Å². The van der Waals surface area contributed by atoms with Crippen molar-refractivity contribution in [2.24, 2.45) is 0 Å². The highest BCUT2D eigenvalue weighted by Gasteiger charge is 2.37. The van der Waals surface area contributed by atoms with E-state index in [-0.39, 0.29) is 29.3 Å². The van der Waals surface area contributed by atoms with Crippen molar-refractivity contribution < 1.29 is 9.53 Å². The van der Waals surface area contributed by atoms with Gasteiger partial charge in [-0.25, -0.2) is 24.7 Å². The van der Waals surface area contributed by atoms with Crippen molar-refractivity contribution in [3.63, 3.8) is 0 Å². The van der Waals surface area contributed by atoms with E-state index in [1.807, 2.05) is 38.5 Å². The number of rotatable bonds is 2. The first kappa shape index (κ1) is 25.4. The average molecular weight is 491 g/mol. The van der Waals surface area contributed by atoms with E-state index in [4.69, 9.17) is 9.72 Å². The average Bonchev–Trinajstić information content (AvgIpc) is 3.20. The van der Waals surface area contributed by atoms with Gasteiger partial charge in [0.2, 0.25) is 0 Å². The van der Waals surface area contributed by atoms with E-state index in [0.29, 0.717) is 24.6 Å². The lowest BCUT2D eigenvalue weighted by molar-refractivity contribution is 0.0130. The molecule has 0 spiro atoms. The van der Waals surface area contributed by atoms with Crippen molar-refractivity contribution in [3.05, 3.63) is 36.2 Å². The molecule has 10 nitrogen and oxygen atoms in total. The third-order valence-corrected chi connectivity index (χ3v) is 6.27. The molecule has 4 rings (SSSR count). The molecule has 10 heteroatoms. The fraction of sp³-hybridized carbons (Fsp3) is 0.538. The minimum absolute atomic E-state index is 0.00669. The second-order valence-electron chi connectivity index (χ2n) is 11.4. The van der Waals surface area contributed by atoms with Crippen molar-refractivity contribution in [1.29, 1.82) is 5.26 Å². The van der Waals surface area contributed by atoms with Crippen molar-refractivity contribution in [3.8, 4) is 11.9 Å². The fourth-order valence-electron chi connectivity index (χ4n) is 4.54. The highest BCUT2D eigenvalue weighted by atomic mass is 16.6. The van der Waals surface area contributed by atoms with Crippen molar-refractivity contribution in [1.82, 2.24) is 29.4 Å². The molecule has 0 saturated carbocycles. The van der Waals surface area contributed by atoms with Crippen LogP contribution in [-0.4, -0.2) is 66.3 Å². The summed E-state index contributed by atoms with van der Waals surface area (Å²) in [4.78, 5) is 34.7. The molecule has 1 saturated heterocycles. The molecule has 2 atom stereocenters. The van der Waals surface area contributed by atoms with E-state index in [0.717, 1.165) is 16.8 Å². The first-order valence-electron chi connectivity index (χ1n) is 12.2. The van der Waals surface area contributed by atoms with E-state index in [9.17, 15) is 10.1 Å². The fourth-order valence-corrected chi connectivity index (χ4v) is 4.54. The third kappa shape index (κ3) is 4.83. The number of aromatic nitrogens is 5. The van der Waals surface area contributed by atoms with Crippen LogP contribution in [0.3, 0.4) is 0 Å². The standard InChI is InChI=1S/C26H34N8O2/c1-16-12-33(24(35)36-26(6,7)8)17(2)11-32(16)22-21-19(25(3,4)5)13-34(23(21)31-15-30-22)20-9-18(10-27)28-14-29-20/h9,13-17H,11-12H2,1-8H3/t16?,17-/m0/s1. The number of ether oxygens (including phenoxy) is 1. The Morgan fingerprint density at radius 1 is 1.03 bits per heavy atom. The Hall–Kier alpha value is -3.74. The summed E-state index contributed by atoms with van der Waals surface area (Å²) in [6, 6.07) is 3.66. The normalized spacial score (nSPS) is 18.9. The second kappa shape index (κ2) is 9.04. The molecule has 1 fully saturated rings. The summed E-state index contributed by atoms with van der Waals surface area (Å²) in [6.07, 6.45) is 4.67. The molecule has 190 valence electrons. The number of hydrogen-bond acceptors (Lipinski definition) is 8. The van der Waals surface area contributed by atoms with Crippen LogP contribution in [0.5, 0.6) is 0 Å². The number of fused-ring (bicyclic) bond motifs is 1. The number of carbonyl (C=O) groups excluding carboxylic acids is 1. The predicted octanol–water partition coefficient (Wildman–Crippen LogP) is 4.21. The maximum Gasteiger partial charge on any atom is 0.410 e. The molecule has 3 aromatic rings. The molecule has 4 heterocycles. The lowest BCUT2D eigenvalue weighted by atomic mass is 9.87. The van der Waals surface area contributed by atoms with Crippen LogP contribution in [0.4, 0.5) is 10.6 Å². The SMILES string of the molecule is CC1CN(C(=O)OC(C)(C)C)[C@@H](C)CN1c1ncnc2c1c(C(C)(C)C)cn2-c1cc(C#N)ncn1. The zero-order chi connectivity index (χ0) is 26.4. The van der Waals surface area contributed by atoms with Gasteiger partial charge in [0.25, 0.3) is 0 Å². The number of carbonyl (C=O) groups is 1. The number of anilines is 1. The van der Waals surface area contributed by atoms with E-state index in [1.165, 1.54) is 6.33 Å². The van der Waals surface area contributed by atoms with Gasteiger partial charge in [-0.3, -0.25) is 4.57 Å². The summed E-state index contributed by atoms with van der Waals surface area (Å²) in [5, 5.41) is 10.3. The van der Waals surface area contributed by atoms with Crippen molar-refractivity contribution in [2.75, 3.05) is 18.0 Å². The molecular formula is C26H34N8O2. The molecule has 0 N–H and O–H groups in total. The molecule has 0 radical (unpaired) electrons. The van der Waals surface area contributed by atoms with E-state index in [1.54, 1.807) is 17.3 Å². The Morgan fingerprint density at radius 2 is 1.72 bits per heavy atom. The minimum Gasteiger partial charge on any atom is -0.444 e. The molecule has 0 bridgehead atoms. The van der Waals surface area contributed by atoms with Crippen molar-refractivity contribution in [2.45, 2.75) is 78.5 Å². The summed E-state index contributed by atoms with van der Waals surface area (Å²) < 4.78 is 7.54. The molecule has 1 aliphatic rings. The molecule has 1 unspecified atom stereocenters. The van der Waals surface area contributed by atoms with Gasteiger partial charge in [-0.2, -0.15) is 5.26 Å². The highest BCUT2D eigenvalue weighted by molar-refractivity contribution is 5.93. The highest BCUT2D eigenvalue weighted by Crippen LogP contribution is 2.38. The van der Waals surface area contributed by atoms with E-state index in [2.05, 4.69) is 53.6 Å². The number of amides is 1. The van der Waals surface area contributed by atoms with Crippen LogP contribution < -0.4 is 4.90 Å². The number of piperazine rings is 1. The molecule has 3 aromatic heterocycles. The quantitative estimate of drug-likeness (QED) is 0.525. The number of nitrogens with zero attached hydrogens (tertiary/aromatic N) is 8. The summed E-state index contributed by atoms with van der Waals surface area (Å²) in [6.45, 7) is 17.3. The monoisotopic (exact) mass is 490 g/mol. The third-order valence-electron chi connectivity index (χ3n) is 6.27. The van der Waals surface area contributed by atoms with Gasteiger partial charge in [0.15, 0.2) is 5.65 Å². The molecule has 0 aromatic carbocycles. The van der Waals surface area contributed by atoms with Gasteiger partial charge in [-0.1, -0.05) is 20.8 Å². The molecule has 1 amide bonds. The van der Waals surface area contributed by atoms with Crippen LogP contribution in [-0.2, 0) is 10.2 Å². The van der Waals surface area contributed by atoms with Gasteiger partial charge in [0.05, 0.1) is 5.39 Å². The van der Waals surface area contributed by atoms with Gasteiger partial charge in [-0.05, 0) is 45.6 Å². The van der Waals surface area contributed by atoms with Crippen LogP contribution in [0.1, 0.15) is 66.6 Å². The van der Waals surface area contributed by atoms with Gasteiger partial charge < -0.3 is 14.5 Å². The smallest absolute Gasteiger partial charge is 0.410 e. The maximum absolute atomic E-state index is 12.8. The lowest BCUT2D eigenvalue weighted by Crippen LogP contribution is -2.59. The first-order valence-corrected chi connectivity index (χ1v) is 12.2. The molecule has 1 aliphatic heterocycles. The lowest BCUT2D eigenvalue weighted by Gasteiger charge is -2.45. The zero-order valence-corrected chi connectivity index (χ0v) is 22.3. The summed E-state index contributed by atoms with van der Waals surface area (Å²) in [5.41, 5.74) is 1.31. The van der Waals surface area contributed by atoms with Gasteiger partial charge in [-0.15, -0.1) is 0 Å². The number of nitriles is 1. The second-order valence-corrected chi connectivity index (χ2v) is 11.4.